The molecule has 0 fully saturated rings. The van der Waals surface area contributed by atoms with Crippen LogP contribution in [0.3, 0.4) is 0 Å². The first-order chi connectivity index (χ1) is 14.8. The zero-order chi connectivity index (χ0) is 24.4. The minimum absolute atomic E-state index is 0.0143. The number of pyridine rings is 1. The molecule has 0 atom stereocenters. The third-order valence-electron chi connectivity index (χ3n) is 4.57. The number of sulfonamides is 1. The van der Waals surface area contributed by atoms with Crippen LogP contribution in [0.5, 0.6) is 0 Å². The molecule has 2 heterocycles. The van der Waals surface area contributed by atoms with Gasteiger partial charge >= 0.3 is 6.18 Å². The van der Waals surface area contributed by atoms with Crippen molar-refractivity contribution in [2.45, 2.75) is 26.9 Å². The van der Waals surface area contributed by atoms with E-state index in [9.17, 15) is 26.4 Å². The summed E-state index contributed by atoms with van der Waals surface area (Å²) >= 11 is 0. The second-order valence-corrected chi connectivity index (χ2v) is 8.69. The monoisotopic (exact) mass is 471 g/mol. The number of alkyl halides is 3. The number of nitrogens with zero attached hydrogens (tertiary/aromatic N) is 2. The van der Waals surface area contributed by atoms with E-state index in [1.807, 2.05) is 13.8 Å². The number of halogens is 3. The molecule has 0 saturated carbocycles. The molecule has 0 aliphatic heterocycles. The Bertz CT molecular complexity index is 1230. The molecule has 0 spiro atoms. The molecule has 0 saturated heterocycles. The van der Waals surface area contributed by atoms with Gasteiger partial charge in [-0.2, -0.15) is 18.2 Å². The molecule has 0 bridgehead atoms. The lowest BCUT2D eigenvalue weighted by atomic mass is 10.0. The van der Waals surface area contributed by atoms with Crippen molar-refractivity contribution >= 4 is 32.8 Å². The van der Waals surface area contributed by atoms with Crippen molar-refractivity contribution < 1.29 is 30.8 Å². The summed E-state index contributed by atoms with van der Waals surface area (Å²) in [5, 5.41) is 2.79. The molecular weight excluding hydrogens is 447 g/mol. The van der Waals surface area contributed by atoms with Crippen molar-refractivity contribution in [3.63, 3.8) is 0 Å². The standard InChI is InChI=1S/C19H18F3N3O4S.C2H6/c1-10-9-13-14(17(26)23-2)15(11-5-7-12(8-6-11)19(20,21)22)29-18(13)24-16(10)25(3)30(4,27)28;1-2/h5-9H,1-4H3,(H,23,26);1-2H3. The van der Waals surface area contributed by atoms with E-state index in [0.717, 1.165) is 22.7 Å². The topological polar surface area (TPSA) is 92.5 Å². The van der Waals surface area contributed by atoms with Crippen LogP contribution in [0.2, 0.25) is 0 Å². The van der Waals surface area contributed by atoms with Crippen LogP contribution in [0.15, 0.2) is 34.7 Å². The zero-order valence-corrected chi connectivity index (χ0v) is 19.3. The summed E-state index contributed by atoms with van der Waals surface area (Å²) in [5.74, 6) is -0.376. The molecule has 7 nitrogen and oxygen atoms in total. The van der Waals surface area contributed by atoms with E-state index in [2.05, 4.69) is 10.3 Å². The maximum atomic E-state index is 12.9. The Morgan fingerprint density at radius 2 is 1.72 bits per heavy atom. The number of hydrogen-bond acceptors (Lipinski definition) is 5. The van der Waals surface area contributed by atoms with Gasteiger partial charge in [0, 0.05) is 19.7 Å². The maximum Gasteiger partial charge on any atom is 0.416 e. The van der Waals surface area contributed by atoms with Crippen molar-refractivity contribution in [2.75, 3.05) is 24.7 Å². The fourth-order valence-corrected chi connectivity index (χ4v) is 3.45. The summed E-state index contributed by atoms with van der Waals surface area (Å²) in [7, 11) is -0.863. The predicted octanol–water partition coefficient (Wildman–Crippen LogP) is 4.60. The number of furan rings is 1. The molecule has 2 aromatic heterocycles. The molecule has 32 heavy (non-hydrogen) atoms. The Morgan fingerprint density at radius 3 is 2.19 bits per heavy atom. The number of amides is 1. The minimum Gasteiger partial charge on any atom is -0.437 e. The smallest absolute Gasteiger partial charge is 0.416 e. The molecule has 3 aromatic rings. The maximum absolute atomic E-state index is 12.9. The summed E-state index contributed by atoms with van der Waals surface area (Å²) in [6.45, 7) is 5.63. The molecule has 174 valence electrons. The average Bonchev–Trinajstić information content (AvgIpc) is 3.10. The van der Waals surface area contributed by atoms with E-state index < -0.39 is 27.7 Å². The normalized spacial score (nSPS) is 11.7. The van der Waals surface area contributed by atoms with E-state index in [4.69, 9.17) is 4.42 Å². The van der Waals surface area contributed by atoms with Crippen LogP contribution in [0.4, 0.5) is 19.0 Å². The molecule has 1 N–H and O–H groups in total. The quantitative estimate of drug-likeness (QED) is 0.600. The highest BCUT2D eigenvalue weighted by Gasteiger charge is 2.31. The molecule has 0 aliphatic rings. The lowest BCUT2D eigenvalue weighted by Gasteiger charge is -2.17. The number of aryl methyl sites for hydroxylation is 1. The molecular formula is C21H24F3N3O4S. The van der Waals surface area contributed by atoms with E-state index in [0.29, 0.717) is 10.9 Å². The van der Waals surface area contributed by atoms with Crippen molar-refractivity contribution in [3.05, 3.63) is 47.0 Å². The number of carbonyl (C=O) groups excluding carboxylic acids is 1. The van der Waals surface area contributed by atoms with Crippen LogP contribution in [-0.2, 0) is 16.2 Å². The van der Waals surface area contributed by atoms with Crippen LogP contribution in [-0.4, -0.2) is 39.7 Å². The van der Waals surface area contributed by atoms with Crippen molar-refractivity contribution in [2.24, 2.45) is 0 Å². The van der Waals surface area contributed by atoms with E-state index in [1.54, 1.807) is 13.0 Å². The summed E-state index contributed by atoms with van der Waals surface area (Å²) in [4.78, 5) is 16.8. The van der Waals surface area contributed by atoms with Crippen molar-refractivity contribution in [1.82, 2.24) is 10.3 Å². The van der Waals surface area contributed by atoms with Gasteiger partial charge in [0.15, 0.2) is 0 Å². The Hall–Kier alpha value is -3.08. The Balaban J connectivity index is 0.00000176. The van der Waals surface area contributed by atoms with Crippen LogP contribution >= 0.6 is 0 Å². The summed E-state index contributed by atoms with van der Waals surface area (Å²) in [6, 6.07) is 5.73. The van der Waals surface area contributed by atoms with Gasteiger partial charge < -0.3 is 9.73 Å². The summed E-state index contributed by atoms with van der Waals surface area (Å²) < 4.78 is 69.0. The summed E-state index contributed by atoms with van der Waals surface area (Å²) in [5.41, 5.74) is -0.0403. The second kappa shape index (κ2) is 9.19. The van der Waals surface area contributed by atoms with Gasteiger partial charge in [-0.3, -0.25) is 9.10 Å². The van der Waals surface area contributed by atoms with Gasteiger partial charge in [0.2, 0.25) is 15.7 Å². The molecule has 1 amide bonds. The lowest BCUT2D eigenvalue weighted by molar-refractivity contribution is -0.137. The third kappa shape index (κ3) is 4.87. The van der Waals surface area contributed by atoms with Crippen molar-refractivity contribution in [1.29, 1.82) is 0 Å². The van der Waals surface area contributed by atoms with Crippen LogP contribution in [0.1, 0.15) is 35.3 Å². The van der Waals surface area contributed by atoms with Gasteiger partial charge in [0.25, 0.3) is 5.91 Å². The second-order valence-electron chi connectivity index (χ2n) is 6.67. The Labute approximate surface area is 184 Å². The predicted molar refractivity (Wildman–Crippen MR) is 117 cm³/mol. The van der Waals surface area contributed by atoms with Crippen LogP contribution in [0.25, 0.3) is 22.4 Å². The first-order valence-electron chi connectivity index (χ1n) is 9.62. The average molecular weight is 472 g/mol. The molecule has 0 aliphatic carbocycles. The van der Waals surface area contributed by atoms with E-state index >= 15 is 0 Å². The van der Waals surface area contributed by atoms with E-state index in [-0.39, 0.29) is 28.4 Å². The largest absolute Gasteiger partial charge is 0.437 e. The number of rotatable bonds is 4. The molecule has 11 heteroatoms. The Morgan fingerprint density at radius 1 is 1.16 bits per heavy atom. The van der Waals surface area contributed by atoms with Gasteiger partial charge in [0.1, 0.15) is 11.6 Å². The zero-order valence-electron chi connectivity index (χ0n) is 18.5. The molecule has 0 unspecified atom stereocenters. The van der Waals surface area contributed by atoms with Crippen molar-refractivity contribution in [3.8, 4) is 11.3 Å². The highest BCUT2D eigenvalue weighted by molar-refractivity contribution is 7.92. The minimum atomic E-state index is -4.50. The molecule has 1 aromatic carbocycles. The third-order valence-corrected chi connectivity index (χ3v) is 5.74. The first kappa shape index (κ1) is 25.2. The number of anilines is 1. The Kier molecular flexibility index (Phi) is 7.23. The SMILES string of the molecule is CC.CNC(=O)c1c(-c2ccc(C(F)(F)F)cc2)oc2nc(N(C)S(C)(=O)=O)c(C)cc12. The summed E-state index contributed by atoms with van der Waals surface area (Å²) in [6.07, 6.45) is -3.48. The lowest BCUT2D eigenvalue weighted by Crippen LogP contribution is -2.26. The highest BCUT2D eigenvalue weighted by Crippen LogP contribution is 2.37. The number of aromatic nitrogens is 1. The van der Waals surface area contributed by atoms with Crippen LogP contribution < -0.4 is 9.62 Å². The number of hydrogen-bond donors (Lipinski definition) is 1. The van der Waals surface area contributed by atoms with Gasteiger partial charge in [0.05, 0.1) is 22.8 Å². The fourth-order valence-electron chi connectivity index (χ4n) is 2.95. The fraction of sp³-hybridized carbons (Fsp3) is 0.333. The van der Waals surface area contributed by atoms with Gasteiger partial charge in [-0.25, -0.2) is 8.42 Å². The number of benzene rings is 1. The number of carbonyl (C=O) groups is 1. The van der Waals surface area contributed by atoms with Gasteiger partial charge in [-0.05, 0) is 30.7 Å². The number of fused-ring (bicyclic) bond motifs is 1. The molecule has 3 rings (SSSR count). The first-order valence-corrected chi connectivity index (χ1v) is 11.5. The van der Waals surface area contributed by atoms with Gasteiger partial charge in [-0.15, -0.1) is 0 Å². The van der Waals surface area contributed by atoms with Crippen LogP contribution in [0, 0.1) is 6.92 Å². The van der Waals surface area contributed by atoms with Gasteiger partial charge in [-0.1, -0.05) is 26.0 Å². The number of nitrogens with one attached hydrogen (secondary N) is 1. The highest BCUT2D eigenvalue weighted by atomic mass is 32.2. The van der Waals surface area contributed by atoms with E-state index in [1.165, 1.54) is 26.2 Å². The molecule has 0 radical (unpaired) electrons.